The zero-order valence-corrected chi connectivity index (χ0v) is 20.0. The molecule has 11 nitrogen and oxygen atoms in total. The summed E-state index contributed by atoms with van der Waals surface area (Å²) in [5.74, 6) is 1.87. The van der Waals surface area contributed by atoms with E-state index in [4.69, 9.17) is 14.7 Å². The summed E-state index contributed by atoms with van der Waals surface area (Å²) in [5, 5.41) is 16.0. The lowest BCUT2D eigenvalue weighted by Gasteiger charge is -2.28. The van der Waals surface area contributed by atoms with E-state index in [-0.39, 0.29) is 12.6 Å². The molecule has 0 amide bonds. The van der Waals surface area contributed by atoms with Gasteiger partial charge in [0, 0.05) is 32.2 Å². The molecule has 2 aliphatic heterocycles. The number of benzene rings is 1. The van der Waals surface area contributed by atoms with Gasteiger partial charge in [-0.3, -0.25) is 10.7 Å². The van der Waals surface area contributed by atoms with Crippen molar-refractivity contribution in [3.8, 4) is 12.2 Å². The lowest BCUT2D eigenvalue weighted by atomic mass is 10.2. The normalized spacial score (nSPS) is 16.4. The molecule has 1 aromatic carbocycles. The number of anilines is 2. The average Bonchev–Trinajstić information content (AvgIpc) is 3.41. The largest absolute Gasteiger partial charge is 0.461 e. The van der Waals surface area contributed by atoms with Gasteiger partial charge >= 0.3 is 6.01 Å². The van der Waals surface area contributed by atoms with Crippen molar-refractivity contribution in [2.75, 3.05) is 62.9 Å². The molecule has 0 unspecified atom stereocenters. The van der Waals surface area contributed by atoms with Crippen LogP contribution in [0.2, 0.25) is 0 Å². The van der Waals surface area contributed by atoms with Crippen molar-refractivity contribution in [1.29, 1.82) is 5.26 Å². The van der Waals surface area contributed by atoms with E-state index >= 15 is 0 Å². The molecule has 2 saturated heterocycles. The number of hydrogen-bond donors (Lipinski definition) is 2. The Kier molecular flexibility index (Phi) is 8.67. The van der Waals surface area contributed by atoms with Crippen molar-refractivity contribution in [2.24, 2.45) is 10.1 Å². The number of aromatic nitrogens is 2. The maximum atomic E-state index is 9.02. The van der Waals surface area contributed by atoms with E-state index in [0.29, 0.717) is 31.5 Å². The summed E-state index contributed by atoms with van der Waals surface area (Å²) in [6.07, 6.45) is 5.92. The van der Waals surface area contributed by atoms with Crippen LogP contribution >= 0.6 is 0 Å². The standard InChI is InChI=1S/C24H31N9O2/c1-19-5-4-6-20(15-19)17-28-31-21-16-22(32-10-13-34-14-11-32)30-24(29-21)35-12-7-26-23(27-18-25)33-8-2-3-9-33/h4-6,15-17H,2-3,7-14H2,1H3,(H,26,27)(H,29,30,31)/b28-17+. The molecule has 0 radical (unpaired) electrons. The molecular weight excluding hydrogens is 446 g/mol. The first-order chi connectivity index (χ1) is 17.2. The first-order valence-corrected chi connectivity index (χ1v) is 11.9. The minimum Gasteiger partial charge on any atom is -0.461 e. The highest BCUT2D eigenvalue weighted by molar-refractivity contribution is 5.81. The lowest BCUT2D eigenvalue weighted by molar-refractivity contribution is 0.122. The second kappa shape index (κ2) is 12.5. The van der Waals surface area contributed by atoms with Gasteiger partial charge < -0.3 is 19.3 Å². The number of rotatable bonds is 8. The van der Waals surface area contributed by atoms with Crippen LogP contribution in [0.3, 0.4) is 0 Å². The summed E-state index contributed by atoms with van der Waals surface area (Å²) in [6, 6.07) is 10.2. The van der Waals surface area contributed by atoms with Crippen LogP contribution in [0.5, 0.6) is 6.01 Å². The lowest BCUT2D eigenvalue weighted by Crippen LogP contribution is -2.37. The molecule has 184 valence electrons. The Morgan fingerprint density at radius 3 is 2.80 bits per heavy atom. The first-order valence-electron chi connectivity index (χ1n) is 11.9. The second-order valence-electron chi connectivity index (χ2n) is 8.26. The zero-order chi connectivity index (χ0) is 24.3. The topological polar surface area (TPSA) is 123 Å². The highest BCUT2D eigenvalue weighted by atomic mass is 16.5. The van der Waals surface area contributed by atoms with E-state index in [1.165, 1.54) is 5.56 Å². The van der Waals surface area contributed by atoms with E-state index in [2.05, 4.69) is 46.7 Å². The van der Waals surface area contributed by atoms with Crippen molar-refractivity contribution >= 4 is 23.8 Å². The number of morpholine rings is 1. The third kappa shape index (κ3) is 7.28. The van der Waals surface area contributed by atoms with Crippen molar-refractivity contribution in [3.05, 3.63) is 41.5 Å². The summed E-state index contributed by atoms with van der Waals surface area (Å²) in [4.78, 5) is 17.8. The van der Waals surface area contributed by atoms with Crippen LogP contribution in [0, 0.1) is 18.4 Å². The molecule has 11 heteroatoms. The number of nitriles is 1. The number of nitrogens with one attached hydrogen (secondary N) is 2. The molecular formula is C24H31N9O2. The van der Waals surface area contributed by atoms with Gasteiger partial charge in [-0.2, -0.15) is 20.3 Å². The fraction of sp³-hybridized carbons (Fsp3) is 0.458. The van der Waals surface area contributed by atoms with Crippen molar-refractivity contribution in [2.45, 2.75) is 19.8 Å². The minimum absolute atomic E-state index is 0.244. The third-order valence-electron chi connectivity index (χ3n) is 5.62. The highest BCUT2D eigenvalue weighted by Gasteiger charge is 2.17. The maximum absolute atomic E-state index is 9.02. The Labute approximate surface area is 205 Å². The van der Waals surface area contributed by atoms with Gasteiger partial charge in [0.25, 0.3) is 0 Å². The third-order valence-corrected chi connectivity index (χ3v) is 5.62. The van der Waals surface area contributed by atoms with Crippen molar-refractivity contribution < 1.29 is 9.47 Å². The Morgan fingerprint density at radius 2 is 2.03 bits per heavy atom. The van der Waals surface area contributed by atoms with Gasteiger partial charge in [-0.25, -0.2) is 4.99 Å². The number of hydrogen-bond acceptors (Lipinski definition) is 9. The number of nitrogens with zero attached hydrogens (tertiary/aromatic N) is 7. The number of likely N-dealkylation sites (tertiary alicyclic amines) is 1. The Morgan fingerprint density at radius 1 is 1.20 bits per heavy atom. The molecule has 3 heterocycles. The Balaban J connectivity index is 1.43. The van der Waals surface area contributed by atoms with Crippen molar-refractivity contribution in [1.82, 2.24) is 20.2 Å². The first kappa shape index (κ1) is 24.2. The number of ether oxygens (including phenoxy) is 2. The van der Waals surface area contributed by atoms with E-state index in [0.717, 1.165) is 50.4 Å². The van der Waals surface area contributed by atoms with Gasteiger partial charge in [-0.1, -0.05) is 29.8 Å². The van der Waals surface area contributed by atoms with Crippen LogP contribution < -0.4 is 20.4 Å². The van der Waals surface area contributed by atoms with Crippen LogP contribution in [-0.2, 0) is 4.74 Å². The predicted octanol–water partition coefficient (Wildman–Crippen LogP) is 1.97. The average molecular weight is 478 g/mol. The van der Waals surface area contributed by atoms with E-state index < -0.39 is 0 Å². The SMILES string of the molecule is Cc1cccc(/C=N/Nc2cc(N3CCOCC3)nc(OCCN=C(NC#N)N3CCCC3)n2)c1. The van der Waals surface area contributed by atoms with Crippen LogP contribution in [0.1, 0.15) is 24.0 Å². The van der Waals surface area contributed by atoms with Crippen LogP contribution in [0.25, 0.3) is 0 Å². The summed E-state index contributed by atoms with van der Waals surface area (Å²) in [7, 11) is 0. The predicted molar refractivity (Wildman–Crippen MR) is 135 cm³/mol. The van der Waals surface area contributed by atoms with Crippen LogP contribution in [0.4, 0.5) is 11.6 Å². The smallest absolute Gasteiger partial charge is 0.320 e. The van der Waals surface area contributed by atoms with Gasteiger partial charge in [0.05, 0.1) is 26.0 Å². The Hall–Kier alpha value is -3.91. The van der Waals surface area contributed by atoms with Gasteiger partial charge in [-0.15, -0.1) is 0 Å². The van der Waals surface area contributed by atoms with Gasteiger partial charge in [-0.05, 0) is 25.3 Å². The molecule has 0 bridgehead atoms. The molecule has 0 saturated carbocycles. The zero-order valence-electron chi connectivity index (χ0n) is 20.0. The number of hydrazone groups is 1. The molecule has 2 aromatic rings. The summed E-state index contributed by atoms with van der Waals surface area (Å²) in [6.45, 7) is 7.28. The fourth-order valence-corrected chi connectivity index (χ4v) is 3.90. The number of guanidine groups is 1. The summed E-state index contributed by atoms with van der Waals surface area (Å²) in [5.41, 5.74) is 5.16. The van der Waals surface area contributed by atoms with Crippen LogP contribution in [0.15, 0.2) is 40.4 Å². The van der Waals surface area contributed by atoms with Gasteiger partial charge in [0.2, 0.25) is 5.96 Å². The van der Waals surface area contributed by atoms with E-state index in [9.17, 15) is 0 Å². The minimum atomic E-state index is 0.244. The molecule has 4 rings (SSSR count). The summed E-state index contributed by atoms with van der Waals surface area (Å²) >= 11 is 0. The number of aryl methyl sites for hydroxylation is 1. The van der Waals surface area contributed by atoms with Crippen molar-refractivity contribution in [3.63, 3.8) is 0 Å². The monoisotopic (exact) mass is 477 g/mol. The summed E-state index contributed by atoms with van der Waals surface area (Å²) < 4.78 is 11.3. The molecule has 2 aliphatic rings. The molecule has 0 aliphatic carbocycles. The molecule has 0 atom stereocenters. The van der Waals surface area contributed by atoms with E-state index in [1.54, 1.807) is 6.21 Å². The van der Waals surface area contributed by atoms with E-state index in [1.807, 2.05) is 37.4 Å². The molecule has 1 aromatic heterocycles. The number of aliphatic imine (C=N–C) groups is 1. The Bertz CT molecular complexity index is 1070. The molecule has 35 heavy (non-hydrogen) atoms. The molecule has 2 fully saturated rings. The fourth-order valence-electron chi connectivity index (χ4n) is 3.90. The van der Waals surface area contributed by atoms with Crippen LogP contribution in [-0.4, -0.2) is 79.6 Å². The molecule has 0 spiro atoms. The quantitative estimate of drug-likeness (QED) is 0.147. The second-order valence-corrected chi connectivity index (χ2v) is 8.26. The molecule has 2 N–H and O–H groups in total. The van der Waals surface area contributed by atoms with Gasteiger partial charge in [0.1, 0.15) is 12.4 Å². The highest BCUT2D eigenvalue weighted by Crippen LogP contribution is 2.20. The maximum Gasteiger partial charge on any atom is 0.320 e. The van der Waals surface area contributed by atoms with Gasteiger partial charge in [0.15, 0.2) is 12.0 Å².